The highest BCUT2D eigenvalue weighted by Gasteiger charge is 2.34. The highest BCUT2D eigenvalue weighted by Crippen LogP contribution is 2.61. The average molecular weight is 1400 g/mol. The standard InChI is InChI=1S/C106H66N4/c1-5-27-69(28-6-1)97-86-43-17-18-44-87(86)98(70-29-7-2-8-30-70)105-91-56-54-81(84-45-23-47-89(101(84)91)103(97)105)74-38-20-40-78(64-74)110(96-50-22-36-68-26-14-16-42-83(68)96)79-52-58-94(108-66-79)75-51-53-88-93(65-75)100(72-33-11-4-12-34-72)104-90-48-24-46-85-80(55-57-92(102(85)90)106(104)99(88)71-31-9-3-10-32-71)73-37-19-39-77(63-73)109(76-59-61-107-62-60-76)95-49-21-35-67-25-13-15-41-82(67)95/h1-66H. The smallest absolute Gasteiger partial charge is 0.0703 e. The minimum Gasteiger partial charge on any atom is -0.310 e. The quantitative estimate of drug-likeness (QED) is 0.115. The molecule has 2 aromatic heterocycles. The molecular weight excluding hydrogens is 1330 g/mol. The number of anilines is 6. The Labute approximate surface area is 637 Å². The Hall–Kier alpha value is -14.6. The first-order chi connectivity index (χ1) is 54.6. The van der Waals surface area contributed by atoms with Crippen molar-refractivity contribution in [1.29, 1.82) is 0 Å². The SMILES string of the molecule is c1ccc(-c2c3c(c(-c4ccccc4)c4ccccc24)-c2ccc(-c4cccc(N(c5ccc(-c6ccc7c(-c8ccccc8)c8c(c(-c9ccccc9)c7c6)-c6cccc7c(-c9cccc(N(c%10ccncc%10)c%10cccc%11ccccc%10%11)c9)ccc-8c67)nc5)c5cccc6ccccc56)c4)c4cccc-3c24)cc1. The van der Waals surface area contributed by atoms with Crippen LogP contribution in [-0.4, -0.2) is 9.97 Å². The number of fused-ring (bicyclic) bond motifs is 10. The van der Waals surface area contributed by atoms with E-state index in [-0.39, 0.29) is 0 Å². The second kappa shape index (κ2) is 25.6. The fourth-order valence-corrected chi connectivity index (χ4v) is 18.4. The van der Waals surface area contributed by atoms with E-state index in [1.807, 2.05) is 12.4 Å². The molecule has 0 saturated heterocycles. The van der Waals surface area contributed by atoms with Crippen molar-refractivity contribution in [2.45, 2.75) is 0 Å². The molecule has 0 aliphatic heterocycles. The zero-order valence-corrected chi connectivity index (χ0v) is 59.9. The summed E-state index contributed by atoms with van der Waals surface area (Å²) in [7, 11) is 0. The molecule has 4 heteroatoms. The predicted octanol–water partition coefficient (Wildman–Crippen LogP) is 29.3. The summed E-state index contributed by atoms with van der Waals surface area (Å²) in [4.78, 5) is 14.7. The van der Waals surface area contributed by atoms with Crippen molar-refractivity contribution < 1.29 is 0 Å². The van der Waals surface area contributed by atoms with Gasteiger partial charge in [0.1, 0.15) is 0 Å². The number of aromatic nitrogens is 2. The number of hydrogen-bond donors (Lipinski definition) is 0. The van der Waals surface area contributed by atoms with Crippen molar-refractivity contribution in [3.8, 4) is 123 Å². The Morgan fingerprint density at radius 2 is 0.555 bits per heavy atom. The predicted molar refractivity (Wildman–Crippen MR) is 463 cm³/mol. The fraction of sp³-hybridized carbons (Fsp3) is 0. The molecule has 2 heterocycles. The zero-order valence-electron chi connectivity index (χ0n) is 59.9. The molecular formula is C106H66N4. The van der Waals surface area contributed by atoms with E-state index in [1.165, 1.54) is 154 Å². The van der Waals surface area contributed by atoms with Gasteiger partial charge >= 0.3 is 0 Å². The Morgan fingerprint density at radius 3 is 1.02 bits per heavy atom. The Bertz CT molecular complexity index is 7020. The van der Waals surface area contributed by atoms with E-state index in [0.717, 1.165) is 67.5 Å². The summed E-state index contributed by atoms with van der Waals surface area (Å²) < 4.78 is 0. The first-order valence-electron chi connectivity index (χ1n) is 37.8. The fourth-order valence-electron chi connectivity index (χ4n) is 18.4. The molecule has 2 aliphatic carbocycles. The van der Waals surface area contributed by atoms with E-state index in [4.69, 9.17) is 4.98 Å². The molecule has 22 rings (SSSR count). The molecule has 0 bridgehead atoms. The molecule has 0 spiro atoms. The molecule has 4 nitrogen and oxygen atoms in total. The van der Waals surface area contributed by atoms with Crippen LogP contribution in [0.4, 0.5) is 34.1 Å². The molecule has 0 fully saturated rings. The summed E-state index contributed by atoms with van der Waals surface area (Å²) in [5, 5.41) is 14.5. The van der Waals surface area contributed by atoms with E-state index in [2.05, 4.69) is 403 Å². The van der Waals surface area contributed by atoms with Crippen LogP contribution in [0.25, 0.3) is 187 Å². The average Bonchev–Trinajstić information content (AvgIpc) is 1.53. The number of pyridine rings is 2. The van der Waals surface area contributed by atoms with Gasteiger partial charge in [0.25, 0.3) is 0 Å². The van der Waals surface area contributed by atoms with Crippen molar-refractivity contribution in [2.75, 3.05) is 9.80 Å². The van der Waals surface area contributed by atoms with Crippen LogP contribution in [0.3, 0.4) is 0 Å². The van der Waals surface area contributed by atoms with Crippen LogP contribution in [0.5, 0.6) is 0 Å². The summed E-state index contributed by atoms with van der Waals surface area (Å²) in [6.45, 7) is 0. The minimum absolute atomic E-state index is 0.885. The first-order valence-corrected chi connectivity index (χ1v) is 37.8. The number of hydrogen-bond acceptors (Lipinski definition) is 4. The number of nitrogens with zero attached hydrogens (tertiary/aromatic N) is 4. The van der Waals surface area contributed by atoms with E-state index in [1.54, 1.807) is 0 Å². The van der Waals surface area contributed by atoms with Crippen LogP contribution in [-0.2, 0) is 0 Å². The molecule has 2 aliphatic rings. The lowest BCUT2D eigenvalue weighted by Gasteiger charge is -2.27. The molecule has 0 amide bonds. The van der Waals surface area contributed by atoms with Gasteiger partial charge in [0.05, 0.1) is 29.0 Å². The largest absolute Gasteiger partial charge is 0.310 e. The van der Waals surface area contributed by atoms with Crippen LogP contribution in [0, 0.1) is 0 Å². The molecule has 0 atom stereocenters. The lowest BCUT2D eigenvalue weighted by molar-refractivity contribution is 1.24. The minimum atomic E-state index is 0.885. The monoisotopic (exact) mass is 1390 g/mol. The van der Waals surface area contributed by atoms with Crippen molar-refractivity contribution in [3.05, 3.63) is 401 Å². The molecule has 0 unspecified atom stereocenters. The number of benzene rings is 18. The van der Waals surface area contributed by atoms with Gasteiger partial charge in [0.2, 0.25) is 0 Å². The van der Waals surface area contributed by atoms with Crippen LogP contribution in [0.2, 0.25) is 0 Å². The van der Waals surface area contributed by atoms with Gasteiger partial charge in [-0.2, -0.15) is 0 Å². The van der Waals surface area contributed by atoms with E-state index in [9.17, 15) is 0 Å². The third-order valence-corrected chi connectivity index (χ3v) is 23.0. The lowest BCUT2D eigenvalue weighted by Crippen LogP contribution is -2.11. The van der Waals surface area contributed by atoms with Gasteiger partial charge in [0, 0.05) is 45.8 Å². The van der Waals surface area contributed by atoms with Gasteiger partial charge in [-0.05, 0) is 232 Å². The van der Waals surface area contributed by atoms with Crippen LogP contribution < -0.4 is 9.80 Å². The number of rotatable bonds is 13. The maximum absolute atomic E-state index is 5.53. The van der Waals surface area contributed by atoms with Crippen LogP contribution in [0.1, 0.15) is 0 Å². The topological polar surface area (TPSA) is 32.3 Å². The second-order valence-electron chi connectivity index (χ2n) is 28.9. The van der Waals surface area contributed by atoms with Gasteiger partial charge in [-0.1, -0.05) is 315 Å². The Balaban J connectivity index is 0.682. The van der Waals surface area contributed by atoms with Crippen LogP contribution >= 0.6 is 0 Å². The summed E-state index contributed by atoms with van der Waals surface area (Å²) in [5.74, 6) is 0. The maximum Gasteiger partial charge on any atom is 0.0703 e. The Kier molecular flexibility index (Phi) is 14.6. The maximum atomic E-state index is 5.53. The van der Waals surface area contributed by atoms with Gasteiger partial charge in [-0.25, -0.2) is 0 Å². The lowest BCUT2D eigenvalue weighted by atomic mass is 9.82. The van der Waals surface area contributed by atoms with E-state index >= 15 is 0 Å². The highest BCUT2D eigenvalue weighted by atomic mass is 15.2. The van der Waals surface area contributed by atoms with E-state index < -0.39 is 0 Å². The Morgan fingerprint density at radius 1 is 0.191 bits per heavy atom. The molecule has 110 heavy (non-hydrogen) atoms. The zero-order chi connectivity index (χ0) is 72.3. The molecule has 20 aromatic rings. The third-order valence-electron chi connectivity index (χ3n) is 23.0. The highest BCUT2D eigenvalue weighted by molar-refractivity contribution is 6.31. The van der Waals surface area contributed by atoms with Crippen molar-refractivity contribution >= 4 is 98.8 Å². The summed E-state index contributed by atoms with van der Waals surface area (Å²) in [6.07, 6.45) is 5.83. The van der Waals surface area contributed by atoms with Gasteiger partial charge in [0.15, 0.2) is 0 Å². The summed E-state index contributed by atoms with van der Waals surface area (Å²) in [5.41, 5.74) is 32.6. The van der Waals surface area contributed by atoms with Crippen molar-refractivity contribution in [2.24, 2.45) is 0 Å². The van der Waals surface area contributed by atoms with Crippen LogP contribution in [0.15, 0.2) is 401 Å². The van der Waals surface area contributed by atoms with Crippen molar-refractivity contribution in [1.82, 2.24) is 9.97 Å². The summed E-state index contributed by atoms with van der Waals surface area (Å²) in [6, 6.07) is 141. The van der Waals surface area contributed by atoms with Gasteiger partial charge in [-0.15, -0.1) is 0 Å². The molecule has 0 N–H and O–H groups in total. The van der Waals surface area contributed by atoms with E-state index in [0.29, 0.717) is 0 Å². The van der Waals surface area contributed by atoms with Gasteiger partial charge < -0.3 is 9.80 Å². The summed E-state index contributed by atoms with van der Waals surface area (Å²) >= 11 is 0. The second-order valence-corrected chi connectivity index (χ2v) is 28.9. The first kappa shape index (κ1) is 62.8. The molecule has 510 valence electrons. The molecule has 0 radical (unpaired) electrons. The third kappa shape index (κ3) is 9.93. The van der Waals surface area contributed by atoms with Crippen molar-refractivity contribution in [3.63, 3.8) is 0 Å². The van der Waals surface area contributed by atoms with Gasteiger partial charge in [-0.3, -0.25) is 9.97 Å². The normalized spacial score (nSPS) is 11.8. The molecule has 0 saturated carbocycles. The molecule has 18 aromatic carbocycles.